The molecule has 1 unspecified atom stereocenters. The summed E-state index contributed by atoms with van der Waals surface area (Å²) < 4.78 is 0. The number of rotatable bonds is 3. The zero-order chi connectivity index (χ0) is 10.8. The van der Waals surface area contributed by atoms with Crippen LogP contribution >= 0.6 is 0 Å². The molecule has 0 radical (unpaired) electrons. The third-order valence-corrected chi connectivity index (χ3v) is 2.76. The Morgan fingerprint density at radius 2 is 2.27 bits per heavy atom. The molecule has 0 aliphatic heterocycles. The Labute approximate surface area is 88.9 Å². The smallest absolute Gasteiger partial charge is 0.116 e. The maximum absolute atomic E-state index is 9.42. The Bertz CT molecular complexity index is 462. The van der Waals surface area contributed by atoms with Crippen LogP contribution in [0.25, 0.3) is 10.9 Å². The number of aromatic hydroxyl groups is 1. The number of aromatic nitrogens is 1. The van der Waals surface area contributed by atoms with Crippen LogP contribution in [0.1, 0.15) is 18.9 Å². The van der Waals surface area contributed by atoms with Gasteiger partial charge < -0.3 is 15.8 Å². The third kappa shape index (κ3) is 1.97. The summed E-state index contributed by atoms with van der Waals surface area (Å²) in [5.74, 6) is 0.299. The lowest BCUT2D eigenvalue weighted by Gasteiger charge is -2.06. The van der Waals surface area contributed by atoms with Gasteiger partial charge in [-0.25, -0.2) is 0 Å². The predicted octanol–water partition coefficient (Wildman–Crippen LogP) is 2.15. The van der Waals surface area contributed by atoms with Gasteiger partial charge in [0.1, 0.15) is 5.75 Å². The Kier molecular flexibility index (Phi) is 2.64. The standard InChI is InChI=1S/C12H16N2O/c1-2-9(13)5-8-7-14-12-4-3-10(15)6-11(8)12/h3-4,6-7,9,14-15H,2,5,13H2,1H3. The number of phenols is 1. The lowest BCUT2D eigenvalue weighted by atomic mass is 10.0. The molecule has 1 atom stereocenters. The molecule has 1 aromatic heterocycles. The lowest BCUT2D eigenvalue weighted by molar-refractivity contribution is 0.476. The van der Waals surface area contributed by atoms with Gasteiger partial charge >= 0.3 is 0 Å². The second-order valence-corrected chi connectivity index (χ2v) is 3.92. The largest absolute Gasteiger partial charge is 0.508 e. The van der Waals surface area contributed by atoms with E-state index in [2.05, 4.69) is 11.9 Å². The molecule has 1 heterocycles. The van der Waals surface area contributed by atoms with Crippen molar-refractivity contribution in [2.45, 2.75) is 25.8 Å². The van der Waals surface area contributed by atoms with Crippen LogP contribution in [0.5, 0.6) is 5.75 Å². The van der Waals surface area contributed by atoms with Crippen LogP contribution in [-0.2, 0) is 6.42 Å². The Balaban J connectivity index is 2.39. The molecule has 2 aromatic rings. The topological polar surface area (TPSA) is 62.0 Å². The molecule has 0 saturated carbocycles. The molecule has 0 bridgehead atoms. The first-order chi connectivity index (χ1) is 7.20. The minimum atomic E-state index is 0.186. The van der Waals surface area contributed by atoms with Gasteiger partial charge in [-0.05, 0) is 36.6 Å². The van der Waals surface area contributed by atoms with Crippen molar-refractivity contribution in [2.24, 2.45) is 5.73 Å². The molecule has 0 aliphatic rings. The molecule has 4 N–H and O–H groups in total. The highest BCUT2D eigenvalue weighted by Crippen LogP contribution is 2.23. The summed E-state index contributed by atoms with van der Waals surface area (Å²) >= 11 is 0. The number of phenolic OH excluding ortho intramolecular Hbond substituents is 1. The van der Waals surface area contributed by atoms with Gasteiger partial charge in [0.25, 0.3) is 0 Å². The fourth-order valence-corrected chi connectivity index (χ4v) is 1.76. The van der Waals surface area contributed by atoms with Crippen molar-refractivity contribution in [3.63, 3.8) is 0 Å². The van der Waals surface area contributed by atoms with Crippen molar-refractivity contribution in [3.8, 4) is 5.75 Å². The number of aromatic amines is 1. The Hall–Kier alpha value is -1.48. The number of benzene rings is 1. The minimum Gasteiger partial charge on any atom is -0.508 e. The molecule has 1 aromatic carbocycles. The molecular formula is C12H16N2O. The molecule has 15 heavy (non-hydrogen) atoms. The van der Waals surface area contributed by atoms with Crippen LogP contribution in [0.4, 0.5) is 0 Å². The molecule has 3 heteroatoms. The zero-order valence-corrected chi connectivity index (χ0v) is 8.83. The van der Waals surface area contributed by atoms with E-state index in [0.29, 0.717) is 5.75 Å². The van der Waals surface area contributed by atoms with Gasteiger partial charge in [-0.1, -0.05) is 6.92 Å². The number of hydrogen-bond donors (Lipinski definition) is 3. The summed E-state index contributed by atoms with van der Waals surface area (Å²) in [5, 5.41) is 10.5. The molecule has 0 fully saturated rings. The highest BCUT2D eigenvalue weighted by Gasteiger charge is 2.07. The van der Waals surface area contributed by atoms with Crippen LogP contribution in [0, 0.1) is 0 Å². The monoisotopic (exact) mass is 204 g/mol. The maximum Gasteiger partial charge on any atom is 0.116 e. The molecule has 80 valence electrons. The number of H-pyrrole nitrogens is 1. The van der Waals surface area contributed by atoms with Crippen LogP contribution in [0.15, 0.2) is 24.4 Å². The van der Waals surface area contributed by atoms with E-state index in [1.807, 2.05) is 12.3 Å². The molecule has 0 amide bonds. The van der Waals surface area contributed by atoms with Crippen molar-refractivity contribution < 1.29 is 5.11 Å². The van der Waals surface area contributed by atoms with Gasteiger partial charge in [0, 0.05) is 23.1 Å². The second-order valence-electron chi connectivity index (χ2n) is 3.92. The Morgan fingerprint density at radius 1 is 1.47 bits per heavy atom. The quantitative estimate of drug-likeness (QED) is 0.717. The summed E-state index contributed by atoms with van der Waals surface area (Å²) in [7, 11) is 0. The van der Waals surface area contributed by atoms with E-state index in [-0.39, 0.29) is 6.04 Å². The third-order valence-electron chi connectivity index (χ3n) is 2.76. The van der Waals surface area contributed by atoms with Crippen molar-refractivity contribution >= 4 is 10.9 Å². The van der Waals surface area contributed by atoms with Crippen LogP contribution in [-0.4, -0.2) is 16.1 Å². The SMILES string of the molecule is CCC(N)Cc1c[nH]c2ccc(O)cc12. The average molecular weight is 204 g/mol. The lowest BCUT2D eigenvalue weighted by Crippen LogP contribution is -2.21. The van der Waals surface area contributed by atoms with Gasteiger partial charge in [0.15, 0.2) is 0 Å². The number of nitrogens with one attached hydrogen (secondary N) is 1. The van der Waals surface area contributed by atoms with Crippen molar-refractivity contribution in [3.05, 3.63) is 30.0 Å². The predicted molar refractivity (Wildman–Crippen MR) is 61.9 cm³/mol. The average Bonchev–Trinajstić information content (AvgIpc) is 2.61. The number of fused-ring (bicyclic) bond motifs is 1. The summed E-state index contributed by atoms with van der Waals surface area (Å²) in [6.45, 7) is 2.08. The first-order valence-electron chi connectivity index (χ1n) is 5.25. The Morgan fingerprint density at radius 3 is 3.00 bits per heavy atom. The molecule has 0 aliphatic carbocycles. The summed E-state index contributed by atoms with van der Waals surface area (Å²) in [4.78, 5) is 3.18. The van der Waals surface area contributed by atoms with E-state index < -0.39 is 0 Å². The minimum absolute atomic E-state index is 0.186. The normalized spacial score (nSPS) is 13.2. The van der Waals surface area contributed by atoms with Gasteiger partial charge in [-0.15, -0.1) is 0 Å². The van der Waals surface area contributed by atoms with Gasteiger partial charge in [0.2, 0.25) is 0 Å². The molecular weight excluding hydrogens is 188 g/mol. The van der Waals surface area contributed by atoms with Crippen molar-refractivity contribution in [1.82, 2.24) is 4.98 Å². The first kappa shape index (κ1) is 10.1. The molecule has 0 saturated heterocycles. The fourth-order valence-electron chi connectivity index (χ4n) is 1.76. The first-order valence-corrected chi connectivity index (χ1v) is 5.25. The van der Waals surface area contributed by atoms with Gasteiger partial charge in [0.05, 0.1) is 0 Å². The summed E-state index contributed by atoms with van der Waals surface area (Å²) in [6.07, 6.45) is 3.78. The van der Waals surface area contributed by atoms with E-state index in [9.17, 15) is 5.11 Å². The summed E-state index contributed by atoms with van der Waals surface area (Å²) in [6, 6.07) is 5.53. The molecule has 0 spiro atoms. The van der Waals surface area contributed by atoms with Crippen molar-refractivity contribution in [2.75, 3.05) is 0 Å². The highest BCUT2D eigenvalue weighted by molar-refractivity contribution is 5.84. The number of nitrogens with two attached hydrogens (primary N) is 1. The van der Waals surface area contributed by atoms with E-state index >= 15 is 0 Å². The van der Waals surface area contributed by atoms with E-state index in [1.54, 1.807) is 12.1 Å². The van der Waals surface area contributed by atoms with E-state index in [4.69, 9.17) is 5.73 Å². The zero-order valence-electron chi connectivity index (χ0n) is 8.83. The maximum atomic E-state index is 9.42. The second kappa shape index (κ2) is 3.95. The molecule has 3 nitrogen and oxygen atoms in total. The van der Waals surface area contributed by atoms with Crippen LogP contribution in [0.2, 0.25) is 0 Å². The molecule has 2 rings (SSSR count). The van der Waals surface area contributed by atoms with E-state index in [0.717, 1.165) is 23.7 Å². The van der Waals surface area contributed by atoms with Gasteiger partial charge in [-0.3, -0.25) is 0 Å². The van der Waals surface area contributed by atoms with Gasteiger partial charge in [-0.2, -0.15) is 0 Å². The summed E-state index contributed by atoms with van der Waals surface area (Å²) in [5.41, 5.74) is 8.14. The van der Waals surface area contributed by atoms with Crippen LogP contribution in [0.3, 0.4) is 0 Å². The van der Waals surface area contributed by atoms with Crippen molar-refractivity contribution in [1.29, 1.82) is 0 Å². The van der Waals surface area contributed by atoms with E-state index in [1.165, 1.54) is 5.56 Å². The highest BCUT2D eigenvalue weighted by atomic mass is 16.3. The van der Waals surface area contributed by atoms with Crippen LogP contribution < -0.4 is 5.73 Å². The number of hydrogen-bond acceptors (Lipinski definition) is 2. The fraction of sp³-hybridized carbons (Fsp3) is 0.333.